The molecule has 5 heterocycles. The summed E-state index contributed by atoms with van der Waals surface area (Å²) in [7, 11) is 0. The van der Waals surface area contributed by atoms with Gasteiger partial charge >= 0.3 is 0 Å². The molecule has 10 aromatic carbocycles. The van der Waals surface area contributed by atoms with E-state index in [0.717, 1.165) is 66.7 Å². The first-order chi connectivity index (χ1) is 48.3. The van der Waals surface area contributed by atoms with Gasteiger partial charge < -0.3 is 131 Å². The van der Waals surface area contributed by atoms with Crippen LogP contribution in [0.1, 0.15) is 132 Å². The Morgan fingerprint density at radius 1 is 0.238 bits per heavy atom. The summed E-state index contributed by atoms with van der Waals surface area (Å²) in [6.07, 6.45) is -17.1. The summed E-state index contributed by atoms with van der Waals surface area (Å²) in [6, 6.07) is 30.0. The molecule has 0 fully saturated rings. The molecule has 5 aliphatic heterocycles. The standard InChI is InChI=1S/C75H62O26/c76-33-25-51(91)57-53(26-33)97-69(29-2-11-38(78)47(87)20-29)66(96)62(57)61-45(85)18-9-36-56(65(95)72(101-75(36)61)32-5-14-41(81)50(90)23-32)60-44(84)17-8-35-55(64(94)71(100-74(35)60)31-4-13-40(80)49(89)22-31)59-43(83)16-7-34-54(63(93)70(99-73(34)59)30-3-12-39(79)48(88)21-30)58-42(82)15-6-28-24-52(92)67(98-68(28)58)27-1-10-37(77)46(86)19-27/h1-23,25-26,52,54-56,62-67,69-72,76-96H,24H2. The van der Waals surface area contributed by atoms with Crippen molar-refractivity contribution in [3.63, 3.8) is 0 Å². The van der Waals surface area contributed by atoms with Crippen molar-refractivity contribution in [2.45, 2.75) is 91.1 Å². The average Bonchev–Trinajstić information content (AvgIpc) is 0.712. The van der Waals surface area contributed by atoms with Crippen LogP contribution in [0.2, 0.25) is 0 Å². The molecule has 14 unspecified atom stereocenters. The number of fused-ring (bicyclic) bond motifs is 5. The summed E-state index contributed by atoms with van der Waals surface area (Å²) in [5, 5.41) is 244. The summed E-state index contributed by atoms with van der Waals surface area (Å²) in [4.78, 5) is 0. The van der Waals surface area contributed by atoms with E-state index in [-0.39, 0.29) is 107 Å². The maximum absolute atomic E-state index is 13.4. The quantitative estimate of drug-likeness (QED) is 0.0602. The summed E-state index contributed by atoms with van der Waals surface area (Å²) >= 11 is 0. The second-order valence-corrected chi connectivity index (χ2v) is 25.7. The first-order valence-electron chi connectivity index (χ1n) is 31.6. The smallest absolute Gasteiger partial charge is 0.157 e. The SMILES string of the molecule is Oc1cc(O)c2c(c1)OC(c1ccc(O)c(O)c1)C(O)C2c1c(O)ccc2c1OC(c1ccc(O)c(O)c1)C(O)C2c1c(O)ccc2c1OC(c1ccc(O)c(O)c1)C(O)C2c1c(O)ccc2c1OC(c1ccc(O)c(O)c1)C(O)C2c1c(O)ccc2c1OC(c1ccc(O)c(O)c1)C(O)C2. The predicted molar refractivity (Wildman–Crippen MR) is 349 cm³/mol. The topological polar surface area (TPSA) is 471 Å². The van der Waals surface area contributed by atoms with Crippen LogP contribution in [0.5, 0.6) is 121 Å². The fraction of sp³-hybridized carbons (Fsp3) is 0.200. The lowest BCUT2D eigenvalue weighted by Gasteiger charge is -2.44. The number of aliphatic hydroxyl groups is 5. The maximum Gasteiger partial charge on any atom is 0.157 e. The van der Waals surface area contributed by atoms with Crippen molar-refractivity contribution in [2.24, 2.45) is 0 Å². The molecular weight excluding hydrogens is 1320 g/mol. The summed E-state index contributed by atoms with van der Waals surface area (Å²) in [5.74, 6) is -17.6. The zero-order valence-corrected chi connectivity index (χ0v) is 52.2. The first kappa shape index (κ1) is 64.8. The fourth-order valence-electron chi connectivity index (χ4n) is 15.1. The highest BCUT2D eigenvalue weighted by Crippen LogP contribution is 2.64. The van der Waals surface area contributed by atoms with Crippen molar-refractivity contribution in [1.29, 1.82) is 0 Å². The van der Waals surface area contributed by atoms with Gasteiger partial charge in [-0.2, -0.15) is 0 Å². The van der Waals surface area contributed by atoms with Gasteiger partial charge in [0.2, 0.25) is 0 Å². The van der Waals surface area contributed by atoms with E-state index in [1.54, 1.807) is 0 Å². The number of phenolic OH excluding ortho intramolecular Hbond substituents is 16. The molecule has 0 amide bonds. The monoisotopic (exact) mass is 1380 g/mol. The van der Waals surface area contributed by atoms with Crippen LogP contribution in [-0.2, 0) is 6.42 Å². The molecule has 26 nitrogen and oxygen atoms in total. The van der Waals surface area contributed by atoms with Crippen LogP contribution in [0.3, 0.4) is 0 Å². The molecule has 14 atom stereocenters. The molecule has 518 valence electrons. The van der Waals surface area contributed by atoms with Crippen molar-refractivity contribution in [3.8, 4) is 121 Å². The number of aliphatic hydroxyl groups excluding tert-OH is 5. The zero-order chi connectivity index (χ0) is 71.2. The number of rotatable bonds is 9. The number of aromatic hydroxyl groups is 16. The number of ether oxygens (including phenoxy) is 5. The Hall–Kier alpha value is -12.2. The third-order valence-electron chi connectivity index (χ3n) is 19.8. The highest BCUT2D eigenvalue weighted by atomic mass is 16.5. The van der Waals surface area contributed by atoms with Crippen LogP contribution in [0.25, 0.3) is 0 Å². The van der Waals surface area contributed by atoms with Gasteiger partial charge in [0, 0.05) is 80.8 Å². The molecular formula is C75H62O26. The molecule has 0 saturated heterocycles. The van der Waals surface area contributed by atoms with E-state index in [4.69, 9.17) is 23.7 Å². The van der Waals surface area contributed by atoms with Gasteiger partial charge in [-0.25, -0.2) is 0 Å². The van der Waals surface area contributed by atoms with Crippen molar-refractivity contribution < 1.29 is 131 Å². The molecule has 0 radical (unpaired) electrons. The molecule has 0 aromatic heterocycles. The lowest BCUT2D eigenvalue weighted by molar-refractivity contribution is -0.00913. The van der Waals surface area contributed by atoms with E-state index < -0.39 is 177 Å². The lowest BCUT2D eigenvalue weighted by Crippen LogP contribution is -2.40. The number of hydrogen-bond acceptors (Lipinski definition) is 26. The molecule has 0 spiro atoms. The van der Waals surface area contributed by atoms with E-state index >= 15 is 0 Å². The highest BCUT2D eigenvalue weighted by molar-refractivity contribution is 5.71. The minimum Gasteiger partial charge on any atom is -0.508 e. The van der Waals surface area contributed by atoms with Crippen LogP contribution >= 0.6 is 0 Å². The first-order valence-corrected chi connectivity index (χ1v) is 31.6. The van der Waals surface area contributed by atoms with Crippen molar-refractivity contribution in [2.75, 3.05) is 0 Å². The minimum atomic E-state index is -1.98. The number of benzene rings is 10. The average molecular weight is 1380 g/mol. The van der Waals surface area contributed by atoms with Gasteiger partial charge in [0.1, 0.15) is 93.8 Å². The van der Waals surface area contributed by atoms with Crippen LogP contribution in [0.15, 0.2) is 152 Å². The van der Waals surface area contributed by atoms with Crippen LogP contribution in [0.4, 0.5) is 0 Å². The molecule has 0 bridgehead atoms. The number of hydrogen-bond donors (Lipinski definition) is 21. The van der Waals surface area contributed by atoms with Gasteiger partial charge in [0.25, 0.3) is 0 Å². The van der Waals surface area contributed by atoms with Crippen molar-refractivity contribution in [1.82, 2.24) is 0 Å². The number of phenols is 16. The molecule has 15 rings (SSSR count). The largest absolute Gasteiger partial charge is 0.508 e. The predicted octanol–water partition coefficient (Wildman–Crippen LogP) is 8.52. The van der Waals surface area contributed by atoms with Gasteiger partial charge in [0.15, 0.2) is 81.9 Å². The third kappa shape index (κ3) is 10.4. The maximum atomic E-state index is 13.4. The van der Waals surface area contributed by atoms with Gasteiger partial charge in [0.05, 0.1) is 12.0 Å². The minimum absolute atomic E-state index is 0.00256. The van der Waals surface area contributed by atoms with Gasteiger partial charge in [-0.1, -0.05) is 54.6 Å². The zero-order valence-electron chi connectivity index (χ0n) is 52.2. The Kier molecular flexibility index (Phi) is 15.4. The second kappa shape index (κ2) is 24.1. The molecule has 5 aliphatic rings. The lowest BCUT2D eigenvalue weighted by atomic mass is 9.71. The molecule has 21 N–H and O–H groups in total. The van der Waals surface area contributed by atoms with Crippen LogP contribution in [-0.4, -0.2) is 138 Å². The normalized spacial score (nSPS) is 24.7. The molecule has 26 heteroatoms. The molecule has 0 aliphatic carbocycles. The Morgan fingerprint density at radius 2 is 0.525 bits per heavy atom. The second-order valence-electron chi connectivity index (χ2n) is 25.7. The van der Waals surface area contributed by atoms with Crippen LogP contribution in [0, 0.1) is 0 Å². The summed E-state index contributed by atoms with van der Waals surface area (Å²) < 4.78 is 33.5. The van der Waals surface area contributed by atoms with E-state index in [0.29, 0.717) is 5.56 Å². The summed E-state index contributed by atoms with van der Waals surface area (Å²) in [6.45, 7) is 0. The van der Waals surface area contributed by atoms with E-state index in [2.05, 4.69) is 0 Å². The van der Waals surface area contributed by atoms with E-state index in [9.17, 15) is 107 Å². The Labute approximate surface area is 570 Å². The van der Waals surface area contributed by atoms with Gasteiger partial charge in [-0.05, 0) is 118 Å². The fourth-order valence-corrected chi connectivity index (χ4v) is 15.1. The molecule has 101 heavy (non-hydrogen) atoms. The van der Waals surface area contributed by atoms with Crippen LogP contribution < -0.4 is 23.7 Å². The Bertz CT molecular complexity index is 5040. The summed E-state index contributed by atoms with van der Waals surface area (Å²) in [5.41, 5.74) is -1.08. The van der Waals surface area contributed by atoms with Crippen molar-refractivity contribution in [3.05, 3.63) is 230 Å². The van der Waals surface area contributed by atoms with Gasteiger partial charge in [-0.15, -0.1) is 0 Å². The van der Waals surface area contributed by atoms with E-state index in [1.807, 2.05) is 0 Å². The molecule has 10 aromatic rings. The van der Waals surface area contributed by atoms with E-state index in [1.165, 1.54) is 84.9 Å². The van der Waals surface area contributed by atoms with Crippen molar-refractivity contribution >= 4 is 0 Å². The third-order valence-corrected chi connectivity index (χ3v) is 19.8. The van der Waals surface area contributed by atoms with Gasteiger partial charge in [-0.3, -0.25) is 0 Å². The Balaban J connectivity index is 0.969. The highest BCUT2D eigenvalue weighted by Gasteiger charge is 2.53. The Morgan fingerprint density at radius 3 is 0.881 bits per heavy atom. The molecule has 0 saturated carbocycles.